The van der Waals surface area contributed by atoms with Crippen molar-refractivity contribution in [1.82, 2.24) is 0 Å². The number of hydrogen-bond acceptors (Lipinski definition) is 2. The van der Waals surface area contributed by atoms with E-state index in [9.17, 15) is 9.90 Å². The van der Waals surface area contributed by atoms with Gasteiger partial charge in [0.2, 0.25) is 0 Å². The number of carbonyl (C=O) groups excluding carboxylic acids is 1. The van der Waals surface area contributed by atoms with Crippen molar-refractivity contribution in [3.05, 3.63) is 12.7 Å². The van der Waals surface area contributed by atoms with Gasteiger partial charge in [0.1, 0.15) is 5.78 Å². The van der Waals surface area contributed by atoms with Crippen molar-refractivity contribution < 1.29 is 9.90 Å². The molecule has 4 fully saturated rings. The van der Waals surface area contributed by atoms with Gasteiger partial charge >= 0.3 is 0 Å². The van der Waals surface area contributed by atoms with Crippen molar-refractivity contribution in [2.24, 2.45) is 40.4 Å². The molecule has 0 aromatic rings. The van der Waals surface area contributed by atoms with Crippen LogP contribution < -0.4 is 0 Å². The number of allylic oxidation sites excluding steroid dienone is 1. The van der Waals surface area contributed by atoms with Gasteiger partial charge in [-0.3, -0.25) is 4.79 Å². The molecule has 0 aliphatic heterocycles. The van der Waals surface area contributed by atoms with E-state index in [1.54, 1.807) is 0 Å². The van der Waals surface area contributed by atoms with Gasteiger partial charge < -0.3 is 5.11 Å². The summed E-state index contributed by atoms with van der Waals surface area (Å²) in [6, 6.07) is 0. The number of aliphatic hydroxyl groups is 1. The number of rotatable bonds is 2. The highest BCUT2D eigenvalue weighted by atomic mass is 16.3. The molecule has 7 unspecified atom stereocenters. The highest BCUT2D eigenvalue weighted by molar-refractivity contribution is 5.79. The number of fused-ring (bicyclic) bond motifs is 5. The third kappa shape index (κ3) is 2.21. The summed E-state index contributed by atoms with van der Waals surface area (Å²) in [5.41, 5.74) is 0.486. The molecule has 4 rings (SSSR count). The molecule has 4 aliphatic carbocycles. The molecular formula is C22H34O2. The van der Waals surface area contributed by atoms with Crippen molar-refractivity contribution in [3.8, 4) is 0 Å². The first kappa shape index (κ1) is 16.8. The van der Waals surface area contributed by atoms with Gasteiger partial charge in [-0.05, 0) is 85.4 Å². The van der Waals surface area contributed by atoms with Gasteiger partial charge in [-0.25, -0.2) is 0 Å². The van der Waals surface area contributed by atoms with Crippen LogP contribution >= 0.6 is 0 Å². The van der Waals surface area contributed by atoms with Crippen LogP contribution in [0, 0.1) is 40.4 Å². The van der Waals surface area contributed by atoms with Gasteiger partial charge in [-0.1, -0.05) is 19.9 Å². The van der Waals surface area contributed by atoms with E-state index in [0.717, 1.165) is 43.9 Å². The number of ketones is 1. The molecule has 0 radical (unpaired) electrons. The first-order chi connectivity index (χ1) is 11.4. The van der Waals surface area contributed by atoms with E-state index in [4.69, 9.17) is 0 Å². The second kappa shape index (κ2) is 5.69. The molecule has 4 saturated carbocycles. The maximum absolute atomic E-state index is 12.1. The van der Waals surface area contributed by atoms with Crippen molar-refractivity contribution in [2.45, 2.75) is 77.7 Å². The zero-order valence-corrected chi connectivity index (χ0v) is 15.5. The van der Waals surface area contributed by atoms with E-state index in [1.165, 1.54) is 25.7 Å². The van der Waals surface area contributed by atoms with Crippen LogP contribution in [0.3, 0.4) is 0 Å². The van der Waals surface area contributed by atoms with E-state index < -0.39 is 0 Å². The topological polar surface area (TPSA) is 37.3 Å². The van der Waals surface area contributed by atoms with Crippen molar-refractivity contribution in [1.29, 1.82) is 0 Å². The molecule has 0 bridgehead atoms. The zero-order valence-electron chi connectivity index (χ0n) is 15.5. The lowest BCUT2D eigenvalue weighted by Gasteiger charge is -2.62. The Balaban J connectivity index is 1.71. The molecule has 0 spiro atoms. The fourth-order valence-corrected chi connectivity index (χ4v) is 7.65. The van der Waals surface area contributed by atoms with Gasteiger partial charge in [-0.2, -0.15) is 0 Å². The molecule has 4 aliphatic rings. The Kier molecular flexibility index (Phi) is 3.99. The van der Waals surface area contributed by atoms with Crippen LogP contribution in [-0.4, -0.2) is 17.0 Å². The van der Waals surface area contributed by atoms with Crippen molar-refractivity contribution in [3.63, 3.8) is 0 Å². The first-order valence-corrected chi connectivity index (χ1v) is 10.2. The molecule has 0 saturated heterocycles. The van der Waals surface area contributed by atoms with E-state index in [1.807, 2.05) is 0 Å². The van der Waals surface area contributed by atoms with Gasteiger partial charge in [0.15, 0.2) is 0 Å². The fourth-order valence-electron chi connectivity index (χ4n) is 7.65. The molecule has 24 heavy (non-hydrogen) atoms. The van der Waals surface area contributed by atoms with Crippen LogP contribution in [-0.2, 0) is 4.79 Å². The minimum atomic E-state index is -0.105. The molecule has 8 atom stereocenters. The lowest BCUT2D eigenvalue weighted by Crippen LogP contribution is -2.57. The largest absolute Gasteiger partial charge is 0.393 e. The van der Waals surface area contributed by atoms with Crippen LogP contribution in [0.2, 0.25) is 0 Å². The summed E-state index contributed by atoms with van der Waals surface area (Å²) in [6.45, 7) is 8.89. The lowest BCUT2D eigenvalue weighted by molar-refractivity contribution is -0.154. The maximum atomic E-state index is 12.1. The highest BCUT2D eigenvalue weighted by Crippen LogP contribution is 2.67. The summed E-state index contributed by atoms with van der Waals surface area (Å²) in [5, 5.41) is 10.7. The smallest absolute Gasteiger partial charge is 0.133 e. The van der Waals surface area contributed by atoms with Crippen molar-refractivity contribution >= 4 is 5.78 Å². The molecule has 0 aromatic heterocycles. The lowest BCUT2D eigenvalue weighted by atomic mass is 9.42. The van der Waals surface area contributed by atoms with Gasteiger partial charge in [0.25, 0.3) is 0 Å². The summed E-state index contributed by atoms with van der Waals surface area (Å²) < 4.78 is 0. The molecule has 0 heterocycles. The highest BCUT2D eigenvalue weighted by Gasteiger charge is 2.62. The summed E-state index contributed by atoms with van der Waals surface area (Å²) in [7, 11) is 0. The van der Waals surface area contributed by atoms with Crippen molar-refractivity contribution in [2.75, 3.05) is 0 Å². The molecule has 1 N–H and O–H groups in total. The minimum absolute atomic E-state index is 0.105. The van der Waals surface area contributed by atoms with Crippen LogP contribution in [0.25, 0.3) is 0 Å². The van der Waals surface area contributed by atoms with Crippen LogP contribution in [0.1, 0.15) is 71.6 Å². The molecule has 2 nitrogen and oxygen atoms in total. The standard InChI is InChI=1S/C22H34O2/c1-4-5-14-12-15-13-16(23)8-10-21(15,2)18-9-11-22(3)17(20(14)18)6-7-19(22)24/h4,14-15,17-20,24H,1,5-13H2,2-3H3/t14-,15?,17?,18?,19?,20?,21?,22?/m1/s1. The third-order valence-electron chi connectivity index (χ3n) is 9.08. The predicted octanol–water partition coefficient (Wildman–Crippen LogP) is 4.76. The second-order valence-electron chi connectivity index (χ2n) is 9.89. The van der Waals surface area contributed by atoms with E-state index in [-0.39, 0.29) is 11.5 Å². The predicted molar refractivity (Wildman–Crippen MR) is 96.4 cm³/mol. The van der Waals surface area contributed by atoms with Crippen LogP contribution in [0.15, 0.2) is 12.7 Å². The van der Waals surface area contributed by atoms with Gasteiger partial charge in [0.05, 0.1) is 6.10 Å². The zero-order chi connectivity index (χ0) is 17.1. The van der Waals surface area contributed by atoms with Crippen LogP contribution in [0.5, 0.6) is 0 Å². The van der Waals surface area contributed by atoms with Crippen LogP contribution in [0.4, 0.5) is 0 Å². The minimum Gasteiger partial charge on any atom is -0.393 e. The molecule has 2 heteroatoms. The van der Waals surface area contributed by atoms with E-state index in [2.05, 4.69) is 26.5 Å². The summed E-state index contributed by atoms with van der Waals surface area (Å²) in [5.74, 6) is 3.90. The molecule has 134 valence electrons. The van der Waals surface area contributed by atoms with E-state index in [0.29, 0.717) is 29.0 Å². The number of hydrogen-bond donors (Lipinski definition) is 1. The summed E-state index contributed by atoms with van der Waals surface area (Å²) in [4.78, 5) is 12.1. The summed E-state index contributed by atoms with van der Waals surface area (Å²) in [6.07, 6.45) is 11.6. The average Bonchev–Trinajstić information content (AvgIpc) is 2.85. The van der Waals surface area contributed by atoms with Gasteiger partial charge in [-0.15, -0.1) is 6.58 Å². The fraction of sp³-hybridized carbons (Fsp3) is 0.864. The van der Waals surface area contributed by atoms with E-state index >= 15 is 0 Å². The Bertz CT molecular complexity index is 540. The third-order valence-corrected chi connectivity index (χ3v) is 9.08. The number of carbonyl (C=O) groups is 1. The number of Topliss-reactive ketones (excluding diaryl/α,β-unsaturated/α-hetero) is 1. The maximum Gasteiger partial charge on any atom is 0.133 e. The Labute approximate surface area is 147 Å². The quantitative estimate of drug-likeness (QED) is 0.741. The Morgan fingerprint density at radius 1 is 1.17 bits per heavy atom. The normalized spacial score (nSPS) is 53.9. The SMILES string of the molecule is C=CC[C@@H]1CC2CC(=O)CCC2(C)C2CCC3(C)C(O)CCC3C21. The summed E-state index contributed by atoms with van der Waals surface area (Å²) >= 11 is 0. The monoisotopic (exact) mass is 330 g/mol. The Morgan fingerprint density at radius 2 is 1.92 bits per heavy atom. The molecule has 0 amide bonds. The first-order valence-electron chi connectivity index (χ1n) is 10.2. The molecular weight excluding hydrogens is 296 g/mol. The number of aliphatic hydroxyl groups excluding tert-OH is 1. The van der Waals surface area contributed by atoms with Gasteiger partial charge in [0, 0.05) is 12.8 Å². The Hall–Kier alpha value is -0.630. The second-order valence-corrected chi connectivity index (χ2v) is 9.89. The average molecular weight is 331 g/mol. The Morgan fingerprint density at radius 3 is 2.67 bits per heavy atom. The molecule has 0 aromatic carbocycles.